The van der Waals surface area contributed by atoms with Crippen LogP contribution in [0.3, 0.4) is 0 Å². The Kier molecular flexibility index (Phi) is 4.58. The summed E-state index contributed by atoms with van der Waals surface area (Å²) in [6, 6.07) is 3.00. The molecule has 1 fully saturated rings. The van der Waals surface area contributed by atoms with Crippen LogP contribution < -0.4 is 5.73 Å². The maximum Gasteiger partial charge on any atom is 0.338 e. The number of hydrogen-bond acceptors (Lipinski definition) is 3. The third kappa shape index (κ3) is 3.54. The van der Waals surface area contributed by atoms with Crippen LogP contribution in [0.2, 0.25) is 10.0 Å². The fourth-order valence-corrected chi connectivity index (χ4v) is 2.63. The Morgan fingerprint density at radius 1 is 1.26 bits per heavy atom. The molecule has 1 aromatic rings. The van der Waals surface area contributed by atoms with E-state index in [1.807, 2.05) is 0 Å². The lowest BCUT2D eigenvalue weighted by atomic mass is 9.89. The molecule has 1 aromatic carbocycles. The van der Waals surface area contributed by atoms with Gasteiger partial charge >= 0.3 is 5.97 Å². The Morgan fingerprint density at radius 2 is 1.89 bits per heavy atom. The summed E-state index contributed by atoms with van der Waals surface area (Å²) in [5.41, 5.74) is 6.33. The van der Waals surface area contributed by atoms with Crippen molar-refractivity contribution in [2.45, 2.75) is 38.7 Å². The number of rotatable bonds is 2. The van der Waals surface area contributed by atoms with Crippen molar-refractivity contribution >= 4 is 34.9 Å². The van der Waals surface area contributed by atoms with E-state index in [1.54, 1.807) is 0 Å². The van der Waals surface area contributed by atoms with Crippen LogP contribution in [0.25, 0.3) is 0 Å². The standard InChI is InChI=1S/C14H17Cl2NO2/c1-8-2-4-10(5-3-8)19-14(18)9-6-11(15)13(16)12(17)7-9/h6-8,10H,2-5,17H2,1H3. The summed E-state index contributed by atoms with van der Waals surface area (Å²) in [4.78, 5) is 12.0. The average Bonchev–Trinajstić information content (AvgIpc) is 2.38. The molecule has 5 heteroatoms. The Labute approximate surface area is 123 Å². The lowest BCUT2D eigenvalue weighted by Gasteiger charge is -2.26. The molecule has 0 unspecified atom stereocenters. The Morgan fingerprint density at radius 3 is 2.47 bits per heavy atom. The molecule has 0 aliphatic heterocycles. The van der Waals surface area contributed by atoms with Crippen molar-refractivity contribution < 1.29 is 9.53 Å². The molecule has 0 atom stereocenters. The van der Waals surface area contributed by atoms with E-state index in [9.17, 15) is 4.79 Å². The molecule has 19 heavy (non-hydrogen) atoms. The van der Waals surface area contributed by atoms with Gasteiger partial charge in [-0.1, -0.05) is 30.1 Å². The Hall–Kier alpha value is -0.930. The first-order chi connectivity index (χ1) is 8.97. The molecule has 0 saturated heterocycles. The second-order valence-corrected chi connectivity index (χ2v) is 5.93. The molecule has 0 radical (unpaired) electrons. The average molecular weight is 302 g/mol. The summed E-state index contributed by atoms with van der Waals surface area (Å²) >= 11 is 11.8. The first kappa shape index (κ1) is 14.5. The van der Waals surface area contributed by atoms with Crippen molar-refractivity contribution in [2.75, 3.05) is 5.73 Å². The molecule has 1 aliphatic rings. The van der Waals surface area contributed by atoms with Gasteiger partial charge in [-0.05, 0) is 43.7 Å². The predicted molar refractivity (Wildman–Crippen MR) is 77.7 cm³/mol. The third-order valence-electron chi connectivity index (χ3n) is 3.53. The molecule has 104 valence electrons. The minimum Gasteiger partial charge on any atom is -0.459 e. The smallest absolute Gasteiger partial charge is 0.338 e. The van der Waals surface area contributed by atoms with Gasteiger partial charge in [-0.3, -0.25) is 0 Å². The summed E-state index contributed by atoms with van der Waals surface area (Å²) in [6.07, 6.45) is 4.04. The molecule has 3 nitrogen and oxygen atoms in total. The molecule has 2 N–H and O–H groups in total. The number of carbonyl (C=O) groups is 1. The van der Waals surface area contributed by atoms with Crippen LogP contribution >= 0.6 is 23.2 Å². The molecular weight excluding hydrogens is 285 g/mol. The van der Waals surface area contributed by atoms with E-state index in [2.05, 4.69) is 6.92 Å². The van der Waals surface area contributed by atoms with Crippen molar-refractivity contribution in [3.63, 3.8) is 0 Å². The quantitative estimate of drug-likeness (QED) is 0.654. The van der Waals surface area contributed by atoms with Gasteiger partial charge in [0, 0.05) is 0 Å². The van der Waals surface area contributed by atoms with Gasteiger partial charge in [-0.25, -0.2) is 4.79 Å². The molecule has 0 bridgehead atoms. The first-order valence-electron chi connectivity index (χ1n) is 6.43. The van der Waals surface area contributed by atoms with Crippen LogP contribution in [-0.4, -0.2) is 12.1 Å². The summed E-state index contributed by atoms with van der Waals surface area (Å²) < 4.78 is 5.48. The van der Waals surface area contributed by atoms with E-state index in [-0.39, 0.29) is 22.1 Å². The maximum absolute atomic E-state index is 12.0. The monoisotopic (exact) mass is 301 g/mol. The van der Waals surface area contributed by atoms with Gasteiger partial charge < -0.3 is 10.5 Å². The van der Waals surface area contributed by atoms with E-state index in [0.29, 0.717) is 11.3 Å². The van der Waals surface area contributed by atoms with Crippen LogP contribution in [-0.2, 0) is 4.74 Å². The van der Waals surface area contributed by atoms with Crippen LogP contribution in [0.4, 0.5) is 5.69 Å². The normalized spacial score (nSPS) is 23.1. The van der Waals surface area contributed by atoms with Gasteiger partial charge in [0.25, 0.3) is 0 Å². The number of ether oxygens (including phenoxy) is 1. The van der Waals surface area contributed by atoms with Crippen molar-refractivity contribution in [3.8, 4) is 0 Å². The lowest BCUT2D eigenvalue weighted by Crippen LogP contribution is -2.23. The zero-order chi connectivity index (χ0) is 14.0. The largest absolute Gasteiger partial charge is 0.459 e. The van der Waals surface area contributed by atoms with E-state index < -0.39 is 0 Å². The van der Waals surface area contributed by atoms with Gasteiger partial charge in [0.1, 0.15) is 6.10 Å². The highest BCUT2D eigenvalue weighted by Crippen LogP contribution is 2.31. The Balaban J connectivity index is 2.04. The fourth-order valence-electron chi connectivity index (χ4n) is 2.29. The molecule has 0 spiro atoms. The lowest BCUT2D eigenvalue weighted by molar-refractivity contribution is 0.0174. The zero-order valence-corrected chi connectivity index (χ0v) is 12.3. The number of anilines is 1. The molecule has 1 aliphatic carbocycles. The summed E-state index contributed by atoms with van der Waals surface area (Å²) in [5, 5.41) is 0.538. The van der Waals surface area contributed by atoms with Gasteiger partial charge in [0.15, 0.2) is 0 Å². The van der Waals surface area contributed by atoms with E-state index in [0.717, 1.165) is 31.6 Å². The van der Waals surface area contributed by atoms with Crippen LogP contribution in [0.15, 0.2) is 12.1 Å². The summed E-state index contributed by atoms with van der Waals surface area (Å²) in [6.45, 7) is 2.22. The molecular formula is C14H17Cl2NO2. The molecule has 0 amide bonds. The second-order valence-electron chi connectivity index (χ2n) is 5.15. The van der Waals surface area contributed by atoms with Crippen molar-refractivity contribution in [2.24, 2.45) is 5.92 Å². The highest BCUT2D eigenvalue weighted by Gasteiger charge is 2.22. The Bertz CT molecular complexity index is 459. The SMILES string of the molecule is CC1CCC(OC(=O)c2cc(N)c(Cl)c(Cl)c2)CC1. The van der Waals surface area contributed by atoms with Crippen LogP contribution in [0, 0.1) is 5.92 Å². The maximum atomic E-state index is 12.0. The molecule has 1 saturated carbocycles. The highest BCUT2D eigenvalue weighted by atomic mass is 35.5. The third-order valence-corrected chi connectivity index (χ3v) is 4.35. The predicted octanol–water partition coefficient (Wildman–Crippen LogP) is 4.31. The van der Waals surface area contributed by atoms with Gasteiger partial charge in [-0.2, -0.15) is 0 Å². The topological polar surface area (TPSA) is 52.3 Å². The number of hydrogen-bond donors (Lipinski definition) is 1. The number of nitrogen functional groups attached to an aromatic ring is 1. The molecule has 0 heterocycles. The van der Waals surface area contributed by atoms with Gasteiger partial charge in [0.2, 0.25) is 0 Å². The first-order valence-corrected chi connectivity index (χ1v) is 7.18. The number of halogens is 2. The summed E-state index contributed by atoms with van der Waals surface area (Å²) in [5.74, 6) is 0.334. The van der Waals surface area contributed by atoms with Crippen molar-refractivity contribution in [1.29, 1.82) is 0 Å². The van der Waals surface area contributed by atoms with Gasteiger partial charge in [0.05, 0.1) is 21.3 Å². The van der Waals surface area contributed by atoms with Crippen molar-refractivity contribution in [1.82, 2.24) is 0 Å². The van der Waals surface area contributed by atoms with E-state index >= 15 is 0 Å². The van der Waals surface area contributed by atoms with Crippen molar-refractivity contribution in [3.05, 3.63) is 27.7 Å². The zero-order valence-electron chi connectivity index (χ0n) is 10.8. The second kappa shape index (κ2) is 6.02. The minimum atomic E-state index is -0.384. The molecule has 0 aromatic heterocycles. The number of carbonyl (C=O) groups excluding carboxylic acids is 1. The number of nitrogens with two attached hydrogens (primary N) is 1. The van der Waals surface area contributed by atoms with Gasteiger partial charge in [-0.15, -0.1) is 0 Å². The van der Waals surface area contributed by atoms with E-state index in [4.69, 9.17) is 33.7 Å². The fraction of sp³-hybridized carbons (Fsp3) is 0.500. The number of esters is 1. The van der Waals surface area contributed by atoms with Crippen LogP contribution in [0.1, 0.15) is 43.0 Å². The summed E-state index contributed by atoms with van der Waals surface area (Å²) in [7, 11) is 0. The number of benzene rings is 1. The minimum absolute atomic E-state index is 0.000576. The highest BCUT2D eigenvalue weighted by molar-refractivity contribution is 6.43. The van der Waals surface area contributed by atoms with Crippen LogP contribution in [0.5, 0.6) is 0 Å². The molecule has 2 rings (SSSR count). The van der Waals surface area contributed by atoms with E-state index in [1.165, 1.54) is 12.1 Å².